The highest BCUT2D eigenvalue weighted by molar-refractivity contribution is 5.98. The number of nitrogens with zero attached hydrogens (tertiary/aromatic N) is 4. The fourth-order valence-electron chi connectivity index (χ4n) is 4.24. The van der Waals surface area contributed by atoms with Crippen LogP contribution in [0.4, 0.5) is 0 Å². The van der Waals surface area contributed by atoms with Gasteiger partial charge in [0.2, 0.25) is 5.91 Å². The Hall–Kier alpha value is -2.25. The molecule has 7 nitrogen and oxygen atoms in total. The molecule has 0 saturated carbocycles. The molecular weight excluding hydrogens is 402 g/mol. The summed E-state index contributed by atoms with van der Waals surface area (Å²) in [5.41, 5.74) is 2.98. The molecule has 0 spiro atoms. The maximum atomic E-state index is 12.6. The fraction of sp³-hybridized carbons (Fsp3) is 0.545. The van der Waals surface area contributed by atoms with E-state index in [1.807, 2.05) is 36.9 Å². The average molecular weight is 432 g/mol. The van der Waals surface area contributed by atoms with Crippen molar-refractivity contribution >= 4 is 24.1 Å². The van der Waals surface area contributed by atoms with Gasteiger partial charge in [0.25, 0.3) is 0 Å². The molecule has 3 heterocycles. The zero-order chi connectivity index (χ0) is 20.4. The zero-order valence-electron chi connectivity index (χ0n) is 17.7. The zero-order valence-corrected chi connectivity index (χ0v) is 18.5. The Balaban J connectivity index is 0.00000256. The number of Topliss-reactive ketones (excluding diaryl/α,β-unsaturated/α-hetero) is 1. The number of halogens is 1. The smallest absolute Gasteiger partial charge is 0.223 e. The molecule has 0 unspecified atom stereocenters. The highest BCUT2D eigenvalue weighted by atomic mass is 35.5. The van der Waals surface area contributed by atoms with Crippen molar-refractivity contribution in [3.63, 3.8) is 0 Å². The van der Waals surface area contributed by atoms with Crippen molar-refractivity contribution in [1.82, 2.24) is 25.0 Å². The number of carbonyl (C=O) groups is 2. The van der Waals surface area contributed by atoms with Crippen LogP contribution in [0.2, 0.25) is 0 Å². The number of ketones is 1. The van der Waals surface area contributed by atoms with Crippen LogP contribution < -0.4 is 5.32 Å². The Morgan fingerprint density at radius 2 is 1.83 bits per heavy atom. The Labute approximate surface area is 183 Å². The summed E-state index contributed by atoms with van der Waals surface area (Å²) in [7, 11) is 0. The number of carbonyl (C=O) groups excluding carboxylic acids is 2. The molecule has 1 N–H and O–H groups in total. The van der Waals surface area contributed by atoms with Crippen molar-refractivity contribution in [3.8, 4) is 0 Å². The third kappa shape index (κ3) is 4.73. The molecule has 0 aliphatic carbocycles. The highest BCUT2D eigenvalue weighted by Gasteiger charge is 2.28. The number of fused-ring (bicyclic) bond motifs is 1. The third-order valence-electron chi connectivity index (χ3n) is 6.26. The van der Waals surface area contributed by atoms with E-state index < -0.39 is 0 Å². The monoisotopic (exact) mass is 431 g/mol. The summed E-state index contributed by atoms with van der Waals surface area (Å²) >= 11 is 0. The molecule has 162 valence electrons. The second-order valence-corrected chi connectivity index (χ2v) is 8.18. The summed E-state index contributed by atoms with van der Waals surface area (Å²) in [6.45, 7) is 8.12. The van der Waals surface area contributed by atoms with Gasteiger partial charge in [-0.2, -0.15) is 0 Å². The van der Waals surface area contributed by atoms with Crippen LogP contribution in [-0.4, -0.2) is 51.0 Å². The highest BCUT2D eigenvalue weighted by Crippen LogP contribution is 2.28. The minimum atomic E-state index is 0. The molecule has 8 heteroatoms. The van der Waals surface area contributed by atoms with Crippen LogP contribution in [0, 0.1) is 13.8 Å². The standard InChI is InChI=1S/C22H29N5O2.ClH/c1-15-3-4-18(13-16(15)2)19(28)5-6-21(29)26-10-7-17(8-11-26)22-25-24-20-14-23-9-12-27(20)22;/h3-4,13,17,23H,5-12,14H2,1-2H3;1H. The van der Waals surface area contributed by atoms with E-state index in [0.717, 1.165) is 62.8 Å². The van der Waals surface area contributed by atoms with Crippen molar-refractivity contribution in [3.05, 3.63) is 46.5 Å². The van der Waals surface area contributed by atoms with Crippen molar-refractivity contribution in [2.75, 3.05) is 19.6 Å². The summed E-state index contributed by atoms with van der Waals surface area (Å²) in [5, 5.41) is 12.0. The lowest BCUT2D eigenvalue weighted by molar-refractivity contribution is -0.132. The topological polar surface area (TPSA) is 80.1 Å². The van der Waals surface area contributed by atoms with E-state index in [0.29, 0.717) is 11.5 Å². The number of piperidine rings is 1. The van der Waals surface area contributed by atoms with Crippen LogP contribution in [0.1, 0.15) is 64.7 Å². The summed E-state index contributed by atoms with van der Waals surface area (Å²) in [6, 6.07) is 5.74. The molecule has 2 aliphatic rings. The predicted octanol–water partition coefficient (Wildman–Crippen LogP) is 2.79. The third-order valence-corrected chi connectivity index (χ3v) is 6.26. The van der Waals surface area contributed by atoms with E-state index in [1.54, 1.807) is 0 Å². The van der Waals surface area contributed by atoms with Gasteiger partial charge in [-0.3, -0.25) is 9.59 Å². The lowest BCUT2D eigenvalue weighted by Gasteiger charge is -2.32. The largest absolute Gasteiger partial charge is 0.343 e. The molecule has 0 atom stereocenters. The Bertz CT molecular complexity index is 918. The van der Waals surface area contributed by atoms with Crippen LogP contribution in [0.25, 0.3) is 0 Å². The minimum Gasteiger partial charge on any atom is -0.343 e. The first-order valence-electron chi connectivity index (χ1n) is 10.5. The molecule has 1 amide bonds. The first-order valence-corrected chi connectivity index (χ1v) is 10.5. The molecule has 1 aromatic carbocycles. The van der Waals surface area contributed by atoms with Gasteiger partial charge in [-0.05, 0) is 43.9 Å². The Morgan fingerprint density at radius 3 is 2.57 bits per heavy atom. The molecule has 30 heavy (non-hydrogen) atoms. The van der Waals surface area contributed by atoms with Gasteiger partial charge in [-0.1, -0.05) is 12.1 Å². The fourth-order valence-corrected chi connectivity index (χ4v) is 4.24. The van der Waals surface area contributed by atoms with Crippen LogP contribution in [0.15, 0.2) is 18.2 Å². The normalized spacial score (nSPS) is 16.7. The summed E-state index contributed by atoms with van der Waals surface area (Å²) in [6.07, 6.45) is 2.36. The predicted molar refractivity (Wildman–Crippen MR) is 117 cm³/mol. The Morgan fingerprint density at radius 1 is 1.07 bits per heavy atom. The van der Waals surface area contributed by atoms with E-state index in [2.05, 4.69) is 20.1 Å². The van der Waals surface area contributed by atoms with Gasteiger partial charge in [-0.25, -0.2) is 0 Å². The first-order chi connectivity index (χ1) is 14.0. The van der Waals surface area contributed by atoms with E-state index in [9.17, 15) is 9.59 Å². The van der Waals surface area contributed by atoms with Gasteiger partial charge in [0, 0.05) is 50.5 Å². The van der Waals surface area contributed by atoms with Crippen molar-refractivity contribution in [1.29, 1.82) is 0 Å². The second-order valence-electron chi connectivity index (χ2n) is 8.18. The van der Waals surface area contributed by atoms with E-state index >= 15 is 0 Å². The van der Waals surface area contributed by atoms with Crippen molar-refractivity contribution < 1.29 is 9.59 Å². The van der Waals surface area contributed by atoms with Crippen LogP contribution >= 0.6 is 12.4 Å². The molecule has 2 aromatic rings. The molecule has 1 saturated heterocycles. The number of nitrogens with one attached hydrogen (secondary N) is 1. The van der Waals surface area contributed by atoms with E-state index in [-0.39, 0.29) is 36.9 Å². The second kappa shape index (κ2) is 9.71. The van der Waals surface area contributed by atoms with E-state index in [1.165, 1.54) is 5.56 Å². The maximum Gasteiger partial charge on any atom is 0.223 e. The summed E-state index contributed by atoms with van der Waals surface area (Å²) in [4.78, 5) is 27.0. The Kier molecular flexibility index (Phi) is 7.26. The number of rotatable bonds is 5. The molecular formula is C22H30ClN5O2. The van der Waals surface area contributed by atoms with Crippen molar-refractivity contribution in [2.45, 2.75) is 58.5 Å². The number of aromatic nitrogens is 3. The molecule has 1 fully saturated rings. The summed E-state index contributed by atoms with van der Waals surface area (Å²) < 4.78 is 2.24. The van der Waals surface area contributed by atoms with E-state index in [4.69, 9.17) is 0 Å². The van der Waals surface area contributed by atoms with Crippen LogP contribution in [0.3, 0.4) is 0 Å². The van der Waals surface area contributed by atoms with Gasteiger partial charge in [0.05, 0.1) is 6.54 Å². The quantitative estimate of drug-likeness (QED) is 0.736. The molecule has 0 radical (unpaired) electrons. The number of hydrogen-bond acceptors (Lipinski definition) is 5. The van der Waals surface area contributed by atoms with Gasteiger partial charge in [-0.15, -0.1) is 22.6 Å². The lowest BCUT2D eigenvalue weighted by atomic mass is 9.95. The van der Waals surface area contributed by atoms with Gasteiger partial charge in [0.15, 0.2) is 5.78 Å². The minimum absolute atomic E-state index is 0. The molecule has 0 bridgehead atoms. The first kappa shape index (κ1) is 22.4. The number of likely N-dealkylation sites (tertiary alicyclic amines) is 1. The summed E-state index contributed by atoms with van der Waals surface area (Å²) in [5.74, 6) is 2.55. The van der Waals surface area contributed by atoms with Crippen molar-refractivity contribution in [2.24, 2.45) is 0 Å². The SMILES string of the molecule is Cc1ccc(C(=O)CCC(=O)N2CCC(c3nnc4n3CCNC4)CC2)cc1C.Cl. The van der Waals surface area contributed by atoms with Crippen LogP contribution in [-0.2, 0) is 17.9 Å². The number of aryl methyl sites for hydroxylation is 2. The molecule has 2 aliphatic heterocycles. The molecule has 1 aromatic heterocycles. The number of benzene rings is 1. The lowest BCUT2D eigenvalue weighted by Crippen LogP contribution is -2.39. The van der Waals surface area contributed by atoms with Gasteiger partial charge in [0.1, 0.15) is 11.6 Å². The number of hydrogen-bond donors (Lipinski definition) is 1. The van der Waals surface area contributed by atoms with Crippen LogP contribution in [0.5, 0.6) is 0 Å². The van der Waals surface area contributed by atoms with Gasteiger partial charge < -0.3 is 14.8 Å². The average Bonchev–Trinajstić information content (AvgIpc) is 3.18. The maximum absolute atomic E-state index is 12.6. The van der Waals surface area contributed by atoms with Gasteiger partial charge >= 0.3 is 0 Å². The number of amides is 1. The molecule has 4 rings (SSSR count).